The van der Waals surface area contributed by atoms with Gasteiger partial charge in [0.05, 0.1) is 33.9 Å². The molecule has 0 spiro atoms. The molecular weight excluding hydrogens is 332 g/mol. The highest BCUT2D eigenvalue weighted by atomic mass is 35.5. The molecule has 3 aromatic rings. The summed E-state index contributed by atoms with van der Waals surface area (Å²) in [6, 6.07) is 7.61. The number of rotatable bonds is 3. The van der Waals surface area contributed by atoms with Gasteiger partial charge in [-0.2, -0.15) is 0 Å². The molecule has 2 aromatic heterocycles. The molecule has 0 unspecified atom stereocenters. The largest absolute Gasteiger partial charge is 0.465 e. The van der Waals surface area contributed by atoms with Gasteiger partial charge < -0.3 is 10.4 Å². The number of pyridine rings is 1. The van der Waals surface area contributed by atoms with Gasteiger partial charge in [0.1, 0.15) is 5.82 Å². The Morgan fingerprint density at radius 3 is 2.79 bits per heavy atom. The quantitative estimate of drug-likeness (QED) is 0.761. The fourth-order valence-electron chi connectivity index (χ4n) is 2.48. The summed E-state index contributed by atoms with van der Waals surface area (Å²) in [7, 11) is 0. The normalized spacial score (nSPS) is 12.1. The summed E-state index contributed by atoms with van der Waals surface area (Å²) in [5, 5.41) is 11.8. The first-order valence-corrected chi connectivity index (χ1v) is 7.48. The molecule has 0 aliphatic heterocycles. The van der Waals surface area contributed by atoms with Crippen LogP contribution in [0.1, 0.15) is 18.8 Å². The van der Waals surface area contributed by atoms with Crippen molar-refractivity contribution in [1.82, 2.24) is 19.9 Å². The Kier molecular flexibility index (Phi) is 4.18. The van der Waals surface area contributed by atoms with E-state index in [0.29, 0.717) is 11.2 Å². The fourth-order valence-corrected chi connectivity index (χ4v) is 2.73. The van der Waals surface area contributed by atoms with Crippen LogP contribution in [-0.4, -0.2) is 25.7 Å². The predicted molar refractivity (Wildman–Crippen MR) is 89.7 cm³/mol. The molecule has 0 bridgehead atoms. The zero-order chi connectivity index (χ0) is 17.3. The van der Waals surface area contributed by atoms with Gasteiger partial charge in [-0.15, -0.1) is 0 Å². The maximum Gasteiger partial charge on any atom is 0.405 e. The number of carboxylic acid groups (broad SMARTS) is 1. The lowest BCUT2D eigenvalue weighted by molar-refractivity contribution is 0.190. The van der Waals surface area contributed by atoms with Gasteiger partial charge in [0.25, 0.3) is 5.56 Å². The molecule has 0 radical (unpaired) electrons. The lowest BCUT2D eigenvalue weighted by atomic mass is 10.2. The van der Waals surface area contributed by atoms with Crippen molar-refractivity contribution in [2.24, 2.45) is 0 Å². The van der Waals surface area contributed by atoms with Gasteiger partial charge in [0.15, 0.2) is 0 Å². The van der Waals surface area contributed by atoms with Crippen LogP contribution in [0, 0.1) is 0 Å². The average molecular weight is 345 g/mol. The van der Waals surface area contributed by atoms with Crippen molar-refractivity contribution >= 4 is 28.6 Å². The summed E-state index contributed by atoms with van der Waals surface area (Å²) in [5.74, 6) is 0.255. The van der Waals surface area contributed by atoms with Gasteiger partial charge in [0, 0.05) is 6.20 Å². The monoisotopic (exact) mass is 344 g/mol. The van der Waals surface area contributed by atoms with Crippen LogP contribution in [0.15, 0.2) is 47.5 Å². The maximum absolute atomic E-state index is 13.0. The van der Waals surface area contributed by atoms with E-state index in [0.717, 1.165) is 0 Å². The van der Waals surface area contributed by atoms with Crippen LogP contribution in [0.3, 0.4) is 0 Å². The third kappa shape index (κ3) is 2.81. The molecule has 8 heteroatoms. The van der Waals surface area contributed by atoms with E-state index in [1.54, 1.807) is 43.5 Å². The predicted octanol–water partition coefficient (Wildman–Crippen LogP) is 2.76. The maximum atomic E-state index is 13.0. The number of hydrogen-bond acceptors (Lipinski definition) is 4. The van der Waals surface area contributed by atoms with Crippen molar-refractivity contribution in [2.75, 3.05) is 0 Å². The van der Waals surface area contributed by atoms with Gasteiger partial charge in [0.2, 0.25) is 0 Å². The average Bonchev–Trinajstić information content (AvgIpc) is 2.54. The zero-order valence-electron chi connectivity index (χ0n) is 12.6. The number of amides is 1. The Hall–Kier alpha value is -2.93. The van der Waals surface area contributed by atoms with Gasteiger partial charge in [-0.3, -0.25) is 14.3 Å². The van der Waals surface area contributed by atoms with E-state index in [1.165, 1.54) is 10.8 Å². The summed E-state index contributed by atoms with van der Waals surface area (Å²) in [6.45, 7) is 1.61. The molecule has 1 amide bonds. The first-order chi connectivity index (χ1) is 11.5. The SMILES string of the molecule is C[C@H](NC(=O)O)c1nc2cccc(Cl)c2c(=O)n1-c1cccnc1. The van der Waals surface area contributed by atoms with E-state index in [1.807, 2.05) is 0 Å². The van der Waals surface area contributed by atoms with E-state index < -0.39 is 12.1 Å². The van der Waals surface area contributed by atoms with Crippen molar-refractivity contribution in [3.8, 4) is 5.69 Å². The number of aromatic nitrogens is 3. The second-order valence-corrected chi connectivity index (χ2v) is 5.53. The highest BCUT2D eigenvalue weighted by Crippen LogP contribution is 2.22. The first-order valence-electron chi connectivity index (χ1n) is 7.10. The van der Waals surface area contributed by atoms with E-state index in [9.17, 15) is 9.59 Å². The number of nitrogens with zero attached hydrogens (tertiary/aromatic N) is 3. The third-order valence-corrected chi connectivity index (χ3v) is 3.82. The molecule has 7 nitrogen and oxygen atoms in total. The summed E-state index contributed by atoms with van der Waals surface area (Å²) in [5.41, 5.74) is 0.500. The molecule has 0 aliphatic rings. The van der Waals surface area contributed by atoms with E-state index in [4.69, 9.17) is 16.7 Å². The van der Waals surface area contributed by atoms with Crippen molar-refractivity contribution in [1.29, 1.82) is 0 Å². The topological polar surface area (TPSA) is 97.1 Å². The van der Waals surface area contributed by atoms with E-state index in [2.05, 4.69) is 15.3 Å². The minimum absolute atomic E-state index is 0.255. The highest BCUT2D eigenvalue weighted by molar-refractivity contribution is 6.35. The molecule has 2 N–H and O–H groups in total. The van der Waals surface area contributed by atoms with Gasteiger partial charge in [-0.05, 0) is 31.2 Å². The van der Waals surface area contributed by atoms with Crippen molar-refractivity contribution in [3.63, 3.8) is 0 Å². The highest BCUT2D eigenvalue weighted by Gasteiger charge is 2.20. The molecule has 1 atom stereocenters. The van der Waals surface area contributed by atoms with Crippen LogP contribution in [0.4, 0.5) is 4.79 Å². The Morgan fingerprint density at radius 2 is 2.12 bits per heavy atom. The number of halogens is 1. The molecule has 122 valence electrons. The summed E-state index contributed by atoms with van der Waals surface area (Å²) < 4.78 is 1.32. The Bertz CT molecular complexity index is 972. The van der Waals surface area contributed by atoms with Crippen LogP contribution >= 0.6 is 11.6 Å². The van der Waals surface area contributed by atoms with Crippen LogP contribution in [-0.2, 0) is 0 Å². The fraction of sp³-hybridized carbons (Fsp3) is 0.125. The van der Waals surface area contributed by atoms with Crippen LogP contribution in [0.25, 0.3) is 16.6 Å². The number of nitrogens with one attached hydrogen (secondary N) is 1. The lowest BCUT2D eigenvalue weighted by Crippen LogP contribution is -2.32. The van der Waals surface area contributed by atoms with Gasteiger partial charge in [-0.1, -0.05) is 17.7 Å². The van der Waals surface area contributed by atoms with Gasteiger partial charge >= 0.3 is 6.09 Å². The second kappa shape index (κ2) is 6.29. The van der Waals surface area contributed by atoms with Crippen molar-refractivity contribution in [3.05, 3.63) is 63.9 Å². The molecule has 0 fully saturated rings. The first kappa shape index (κ1) is 15.9. The van der Waals surface area contributed by atoms with Gasteiger partial charge in [-0.25, -0.2) is 9.78 Å². The number of benzene rings is 1. The third-order valence-electron chi connectivity index (χ3n) is 3.50. The zero-order valence-corrected chi connectivity index (χ0v) is 13.4. The molecule has 0 saturated carbocycles. The smallest absolute Gasteiger partial charge is 0.405 e. The molecule has 24 heavy (non-hydrogen) atoms. The number of hydrogen-bond donors (Lipinski definition) is 2. The van der Waals surface area contributed by atoms with Crippen molar-refractivity contribution in [2.45, 2.75) is 13.0 Å². The lowest BCUT2D eigenvalue weighted by Gasteiger charge is -2.18. The minimum atomic E-state index is -1.21. The molecule has 0 saturated heterocycles. The van der Waals surface area contributed by atoms with Crippen LogP contribution in [0.2, 0.25) is 5.02 Å². The summed E-state index contributed by atoms with van der Waals surface area (Å²) in [6.07, 6.45) is 1.87. The number of fused-ring (bicyclic) bond motifs is 1. The van der Waals surface area contributed by atoms with E-state index >= 15 is 0 Å². The Labute approximate surface area is 141 Å². The minimum Gasteiger partial charge on any atom is -0.465 e. The number of carbonyl (C=O) groups is 1. The molecule has 1 aromatic carbocycles. The summed E-state index contributed by atoms with van der Waals surface area (Å²) >= 11 is 6.16. The Balaban J connectivity index is 2.37. The second-order valence-electron chi connectivity index (χ2n) is 5.13. The Morgan fingerprint density at radius 1 is 1.33 bits per heavy atom. The molecule has 3 rings (SSSR count). The molecule has 2 heterocycles. The standard InChI is InChI=1S/C16H13ClN4O3/c1-9(19-16(23)24)14-20-12-6-2-5-11(17)13(12)15(22)21(14)10-4-3-7-18-8-10/h2-9,19H,1H3,(H,23,24)/t9-/m0/s1. The molecule has 0 aliphatic carbocycles. The summed E-state index contributed by atoms with van der Waals surface area (Å²) in [4.78, 5) is 32.4. The molecular formula is C16H13ClN4O3. The van der Waals surface area contributed by atoms with E-state index in [-0.39, 0.29) is 21.8 Å². The van der Waals surface area contributed by atoms with Crippen LogP contribution < -0.4 is 10.9 Å². The van der Waals surface area contributed by atoms with Crippen LogP contribution in [0.5, 0.6) is 0 Å². The van der Waals surface area contributed by atoms with Crippen molar-refractivity contribution < 1.29 is 9.90 Å².